The molecule has 0 radical (unpaired) electrons. The largest absolute Gasteiger partial charge is 0.489 e. The number of benzene rings is 1. The quantitative estimate of drug-likeness (QED) is 0.610. The van der Waals surface area contributed by atoms with Crippen LogP contribution >= 0.6 is 11.6 Å². The summed E-state index contributed by atoms with van der Waals surface area (Å²) < 4.78 is 6.04. The number of hydrogen-bond acceptors (Lipinski definition) is 2. The van der Waals surface area contributed by atoms with Gasteiger partial charge in [0.2, 0.25) is 0 Å². The van der Waals surface area contributed by atoms with Crippen molar-refractivity contribution >= 4 is 11.6 Å². The Hall–Kier alpha value is -0.730. The Balaban J connectivity index is 2.54. The molecule has 0 aliphatic carbocycles. The molecule has 20 heavy (non-hydrogen) atoms. The monoisotopic (exact) mass is 297 g/mol. The van der Waals surface area contributed by atoms with E-state index in [0.717, 1.165) is 30.2 Å². The number of rotatable bonds is 10. The highest BCUT2D eigenvalue weighted by molar-refractivity contribution is 6.30. The van der Waals surface area contributed by atoms with E-state index in [9.17, 15) is 0 Å². The van der Waals surface area contributed by atoms with Gasteiger partial charge in [0.1, 0.15) is 11.9 Å². The molecule has 114 valence electrons. The predicted octanol–water partition coefficient (Wildman–Crippen LogP) is 5.06. The van der Waals surface area contributed by atoms with E-state index < -0.39 is 0 Å². The van der Waals surface area contributed by atoms with Gasteiger partial charge >= 0.3 is 0 Å². The van der Waals surface area contributed by atoms with Crippen LogP contribution in [-0.2, 0) is 0 Å². The lowest BCUT2D eigenvalue weighted by atomic mass is 10.0. The number of hydrogen-bond donors (Lipinski definition) is 1. The molecule has 0 saturated carbocycles. The van der Waals surface area contributed by atoms with Crippen LogP contribution in [0.5, 0.6) is 5.75 Å². The van der Waals surface area contributed by atoms with E-state index >= 15 is 0 Å². The molecule has 0 bridgehead atoms. The molecule has 0 aromatic heterocycles. The Morgan fingerprint density at radius 3 is 2.65 bits per heavy atom. The predicted molar refractivity (Wildman–Crippen MR) is 87.8 cm³/mol. The van der Waals surface area contributed by atoms with Crippen LogP contribution in [-0.4, -0.2) is 18.7 Å². The Morgan fingerprint density at radius 2 is 2.00 bits per heavy atom. The van der Waals surface area contributed by atoms with Crippen LogP contribution in [0.3, 0.4) is 0 Å². The second-order valence-corrected chi connectivity index (χ2v) is 5.77. The fourth-order valence-corrected chi connectivity index (χ4v) is 2.46. The summed E-state index contributed by atoms with van der Waals surface area (Å²) in [6.07, 6.45) is 6.25. The van der Waals surface area contributed by atoms with Gasteiger partial charge in [-0.2, -0.15) is 0 Å². The molecule has 1 N–H and O–H groups in total. The van der Waals surface area contributed by atoms with Crippen LogP contribution in [0.1, 0.15) is 52.9 Å². The number of ether oxygens (including phenoxy) is 1. The zero-order valence-corrected chi connectivity index (χ0v) is 13.7. The van der Waals surface area contributed by atoms with Crippen molar-refractivity contribution in [3.05, 3.63) is 29.3 Å². The molecule has 1 aromatic carbocycles. The molecule has 1 aromatic rings. The van der Waals surface area contributed by atoms with Crippen LogP contribution in [0.2, 0.25) is 5.02 Å². The molecular weight excluding hydrogens is 270 g/mol. The van der Waals surface area contributed by atoms with Crippen LogP contribution in [0.25, 0.3) is 0 Å². The van der Waals surface area contributed by atoms with Crippen LogP contribution in [0.4, 0.5) is 0 Å². The van der Waals surface area contributed by atoms with Crippen molar-refractivity contribution in [1.82, 2.24) is 5.32 Å². The lowest BCUT2D eigenvalue weighted by molar-refractivity contribution is 0.162. The van der Waals surface area contributed by atoms with E-state index in [2.05, 4.69) is 26.1 Å². The van der Waals surface area contributed by atoms with Crippen LogP contribution in [0.15, 0.2) is 24.3 Å². The summed E-state index contributed by atoms with van der Waals surface area (Å²) in [5.41, 5.74) is 0. The van der Waals surface area contributed by atoms with Crippen LogP contribution in [0, 0.1) is 0 Å². The van der Waals surface area contributed by atoms with E-state index in [1.807, 2.05) is 24.3 Å². The number of nitrogens with one attached hydrogen (secondary N) is 1. The fraction of sp³-hybridized carbons (Fsp3) is 0.647. The van der Waals surface area contributed by atoms with Gasteiger partial charge in [-0.3, -0.25) is 0 Å². The van der Waals surface area contributed by atoms with Gasteiger partial charge in [-0.25, -0.2) is 0 Å². The zero-order chi connectivity index (χ0) is 14.8. The Morgan fingerprint density at radius 1 is 1.20 bits per heavy atom. The summed E-state index contributed by atoms with van der Waals surface area (Å²) in [4.78, 5) is 0. The molecule has 0 saturated heterocycles. The first-order valence-corrected chi connectivity index (χ1v) is 8.20. The minimum atomic E-state index is 0.150. The molecule has 0 fully saturated rings. The molecule has 2 unspecified atom stereocenters. The molecule has 3 heteroatoms. The summed E-state index contributed by atoms with van der Waals surface area (Å²) in [6.45, 7) is 7.61. The third kappa shape index (κ3) is 6.62. The van der Waals surface area contributed by atoms with E-state index in [4.69, 9.17) is 16.3 Å². The molecule has 0 aliphatic heterocycles. The highest BCUT2D eigenvalue weighted by atomic mass is 35.5. The summed E-state index contributed by atoms with van der Waals surface area (Å²) in [5, 5.41) is 4.33. The van der Waals surface area contributed by atoms with Crippen molar-refractivity contribution in [2.75, 3.05) is 6.54 Å². The summed E-state index contributed by atoms with van der Waals surface area (Å²) in [6, 6.07) is 8.04. The van der Waals surface area contributed by atoms with Crippen molar-refractivity contribution in [2.45, 2.75) is 65.0 Å². The molecule has 0 spiro atoms. The minimum absolute atomic E-state index is 0.150. The number of unbranched alkanes of at least 4 members (excludes halogenated alkanes) is 2. The topological polar surface area (TPSA) is 21.3 Å². The van der Waals surface area contributed by atoms with Gasteiger partial charge in [-0.15, -0.1) is 0 Å². The highest BCUT2D eigenvalue weighted by Gasteiger charge is 2.17. The summed E-state index contributed by atoms with van der Waals surface area (Å²) in [5.74, 6) is 0.851. The fourth-order valence-electron chi connectivity index (χ4n) is 2.28. The van der Waals surface area contributed by atoms with Gasteiger partial charge in [-0.05, 0) is 44.5 Å². The maximum Gasteiger partial charge on any atom is 0.121 e. The molecule has 2 nitrogen and oxygen atoms in total. The average Bonchev–Trinajstić information content (AvgIpc) is 2.42. The first-order valence-electron chi connectivity index (χ1n) is 7.83. The maximum absolute atomic E-state index is 6.04. The molecular formula is C17H28ClNO. The summed E-state index contributed by atoms with van der Waals surface area (Å²) in [7, 11) is 0. The van der Waals surface area contributed by atoms with Gasteiger partial charge in [0.15, 0.2) is 0 Å². The first-order chi connectivity index (χ1) is 9.67. The molecule has 0 aliphatic rings. The highest BCUT2D eigenvalue weighted by Crippen LogP contribution is 2.20. The van der Waals surface area contributed by atoms with Gasteiger partial charge in [0.05, 0.1) is 0 Å². The average molecular weight is 298 g/mol. The molecule has 0 amide bonds. The van der Waals surface area contributed by atoms with Crippen molar-refractivity contribution in [3.8, 4) is 5.75 Å². The van der Waals surface area contributed by atoms with E-state index in [0.29, 0.717) is 6.04 Å². The second-order valence-electron chi connectivity index (χ2n) is 5.34. The summed E-state index contributed by atoms with van der Waals surface area (Å²) >= 11 is 6.00. The van der Waals surface area contributed by atoms with Crippen LogP contribution < -0.4 is 10.1 Å². The van der Waals surface area contributed by atoms with Gasteiger partial charge in [-0.1, -0.05) is 50.8 Å². The SMILES string of the molecule is CCCCCC(NCCC)C(C)Oc1cccc(Cl)c1. The van der Waals surface area contributed by atoms with E-state index in [1.165, 1.54) is 19.3 Å². The van der Waals surface area contributed by atoms with Gasteiger partial charge < -0.3 is 10.1 Å². The minimum Gasteiger partial charge on any atom is -0.489 e. The van der Waals surface area contributed by atoms with E-state index in [1.54, 1.807) is 0 Å². The van der Waals surface area contributed by atoms with Gasteiger partial charge in [0.25, 0.3) is 0 Å². The Bertz CT molecular complexity index is 370. The molecule has 2 atom stereocenters. The standard InChI is InChI=1S/C17H28ClNO/c1-4-6-7-11-17(19-12-5-2)14(3)20-16-10-8-9-15(18)13-16/h8-10,13-14,17,19H,4-7,11-12H2,1-3H3. The smallest absolute Gasteiger partial charge is 0.121 e. The normalized spacial score (nSPS) is 14.0. The lowest BCUT2D eigenvalue weighted by Gasteiger charge is -2.26. The Labute approximate surface area is 128 Å². The van der Waals surface area contributed by atoms with E-state index in [-0.39, 0.29) is 6.10 Å². The Kier molecular flexibility index (Phi) is 8.72. The third-order valence-corrected chi connectivity index (χ3v) is 3.69. The van der Waals surface area contributed by atoms with Crippen molar-refractivity contribution < 1.29 is 4.74 Å². The zero-order valence-electron chi connectivity index (χ0n) is 13.0. The second kappa shape index (κ2) is 10.1. The molecule has 1 rings (SSSR count). The van der Waals surface area contributed by atoms with Crippen molar-refractivity contribution in [1.29, 1.82) is 0 Å². The first kappa shape index (κ1) is 17.3. The maximum atomic E-state index is 6.04. The van der Waals surface area contributed by atoms with Gasteiger partial charge in [0, 0.05) is 11.1 Å². The lowest BCUT2D eigenvalue weighted by Crippen LogP contribution is -2.41. The number of halogens is 1. The van der Waals surface area contributed by atoms with Crippen molar-refractivity contribution in [3.63, 3.8) is 0 Å². The van der Waals surface area contributed by atoms with Crippen molar-refractivity contribution in [2.24, 2.45) is 0 Å². The molecule has 0 heterocycles. The third-order valence-electron chi connectivity index (χ3n) is 3.46.